The lowest BCUT2D eigenvalue weighted by Gasteiger charge is -2.34. The number of pyridine rings is 1. The number of rotatable bonds is 5. The lowest BCUT2D eigenvalue weighted by atomic mass is 9.98. The first kappa shape index (κ1) is 17.4. The van der Waals surface area contributed by atoms with Crippen LogP contribution in [0.2, 0.25) is 0 Å². The quantitative estimate of drug-likeness (QED) is 0.824. The van der Waals surface area contributed by atoms with Crippen LogP contribution in [-0.2, 0) is 16.6 Å². The van der Waals surface area contributed by atoms with Crippen LogP contribution in [0.3, 0.4) is 0 Å². The van der Waals surface area contributed by atoms with Crippen LogP contribution in [-0.4, -0.2) is 59.9 Å². The number of hydrogen-bond donors (Lipinski definition) is 0. The zero-order valence-electron chi connectivity index (χ0n) is 14.6. The summed E-state index contributed by atoms with van der Waals surface area (Å²) in [7, 11) is -1.43. The van der Waals surface area contributed by atoms with Gasteiger partial charge in [0, 0.05) is 32.4 Å². The Balaban J connectivity index is 1.69. The monoisotopic (exact) mass is 350 g/mol. The maximum absolute atomic E-state index is 11.6. The molecule has 2 aromatic heterocycles. The van der Waals surface area contributed by atoms with Crippen LogP contribution in [0.5, 0.6) is 0 Å². The van der Waals surface area contributed by atoms with Crippen LogP contribution >= 0.6 is 0 Å². The first-order chi connectivity index (χ1) is 11.3. The molecule has 0 aliphatic carbocycles. The van der Waals surface area contributed by atoms with Gasteiger partial charge in [-0.25, -0.2) is 17.7 Å². The van der Waals surface area contributed by atoms with Crippen molar-refractivity contribution in [1.29, 1.82) is 0 Å². The molecular weight excluding hydrogens is 324 g/mol. The molecule has 3 heterocycles. The summed E-state index contributed by atoms with van der Waals surface area (Å²) in [4.78, 5) is 6.91. The minimum Gasteiger partial charge on any atom is -0.300 e. The van der Waals surface area contributed by atoms with Crippen molar-refractivity contribution in [3.8, 4) is 0 Å². The van der Waals surface area contributed by atoms with Crippen LogP contribution in [0, 0.1) is 12.8 Å². The SMILES string of the molecule is Cc1cccc2ncc(CN3CCCC(CN(C)S(C)(=O)=O)C3)n12. The Morgan fingerprint density at radius 1 is 1.38 bits per heavy atom. The minimum atomic E-state index is -3.10. The molecule has 7 heteroatoms. The van der Waals surface area contributed by atoms with Gasteiger partial charge in [0.25, 0.3) is 0 Å². The third kappa shape index (κ3) is 3.79. The minimum absolute atomic E-state index is 0.388. The molecule has 0 saturated carbocycles. The molecule has 24 heavy (non-hydrogen) atoms. The maximum atomic E-state index is 11.6. The van der Waals surface area contributed by atoms with Crippen molar-refractivity contribution in [3.05, 3.63) is 35.8 Å². The van der Waals surface area contributed by atoms with Gasteiger partial charge < -0.3 is 4.40 Å². The Morgan fingerprint density at radius 3 is 2.92 bits per heavy atom. The Hall–Kier alpha value is -1.44. The molecule has 1 fully saturated rings. The third-order valence-electron chi connectivity index (χ3n) is 4.87. The molecule has 2 aromatic rings. The predicted molar refractivity (Wildman–Crippen MR) is 95.4 cm³/mol. The Bertz CT molecular complexity index is 815. The van der Waals surface area contributed by atoms with Crippen molar-refractivity contribution < 1.29 is 8.42 Å². The lowest BCUT2D eigenvalue weighted by molar-refractivity contribution is 0.153. The standard InChI is InChI=1S/C17H26N4O2S/c1-14-6-4-8-17-18-10-16(21(14)17)13-20-9-5-7-15(12-20)11-19(2)24(3,22)23/h4,6,8,10,15H,5,7,9,11-13H2,1-3H3. The molecule has 6 nitrogen and oxygen atoms in total. The fraction of sp³-hybridized carbons (Fsp3) is 0.588. The molecule has 1 atom stereocenters. The summed E-state index contributed by atoms with van der Waals surface area (Å²) >= 11 is 0. The molecule has 1 aliphatic heterocycles. The van der Waals surface area contributed by atoms with Gasteiger partial charge in [0.05, 0.1) is 18.1 Å². The molecule has 0 bridgehead atoms. The van der Waals surface area contributed by atoms with Crippen molar-refractivity contribution in [2.75, 3.05) is 32.9 Å². The topological polar surface area (TPSA) is 57.9 Å². The van der Waals surface area contributed by atoms with E-state index in [2.05, 4.69) is 27.3 Å². The zero-order chi connectivity index (χ0) is 17.3. The van der Waals surface area contributed by atoms with E-state index in [9.17, 15) is 8.42 Å². The van der Waals surface area contributed by atoms with E-state index in [1.807, 2.05) is 18.3 Å². The summed E-state index contributed by atoms with van der Waals surface area (Å²) in [6, 6.07) is 6.15. The van der Waals surface area contributed by atoms with Crippen LogP contribution in [0.15, 0.2) is 24.4 Å². The molecule has 1 aliphatic rings. The number of likely N-dealkylation sites (tertiary alicyclic amines) is 1. The first-order valence-electron chi connectivity index (χ1n) is 8.40. The van der Waals surface area contributed by atoms with Crippen LogP contribution in [0.4, 0.5) is 0 Å². The first-order valence-corrected chi connectivity index (χ1v) is 10.2. The summed E-state index contributed by atoms with van der Waals surface area (Å²) in [5.41, 5.74) is 3.36. The van der Waals surface area contributed by atoms with Gasteiger partial charge in [-0.1, -0.05) is 6.07 Å². The molecule has 3 rings (SSSR count). The van der Waals surface area contributed by atoms with Crippen molar-refractivity contribution in [2.45, 2.75) is 26.3 Å². The van der Waals surface area contributed by atoms with E-state index < -0.39 is 10.0 Å². The number of nitrogens with zero attached hydrogens (tertiary/aromatic N) is 4. The second kappa shape index (κ2) is 6.82. The van der Waals surface area contributed by atoms with Crippen molar-refractivity contribution >= 4 is 15.7 Å². The Labute approximate surface area is 144 Å². The van der Waals surface area contributed by atoms with Gasteiger partial charge in [0.2, 0.25) is 10.0 Å². The predicted octanol–water partition coefficient (Wildman–Crippen LogP) is 1.75. The molecule has 0 radical (unpaired) electrons. The van der Waals surface area contributed by atoms with E-state index in [1.165, 1.54) is 21.9 Å². The normalized spacial score (nSPS) is 20.1. The number of piperidine rings is 1. The Morgan fingerprint density at radius 2 is 2.17 bits per heavy atom. The average Bonchev–Trinajstić information content (AvgIpc) is 2.91. The highest BCUT2D eigenvalue weighted by Gasteiger charge is 2.24. The van der Waals surface area contributed by atoms with E-state index in [4.69, 9.17) is 0 Å². The van der Waals surface area contributed by atoms with E-state index in [0.29, 0.717) is 12.5 Å². The van der Waals surface area contributed by atoms with Crippen LogP contribution in [0.25, 0.3) is 5.65 Å². The molecular formula is C17H26N4O2S. The van der Waals surface area contributed by atoms with E-state index in [0.717, 1.165) is 38.1 Å². The van der Waals surface area contributed by atoms with Gasteiger partial charge in [-0.2, -0.15) is 0 Å². The third-order valence-corrected chi connectivity index (χ3v) is 6.15. The van der Waals surface area contributed by atoms with Gasteiger partial charge in [0.15, 0.2) is 0 Å². The smallest absolute Gasteiger partial charge is 0.210 e. The zero-order valence-corrected chi connectivity index (χ0v) is 15.5. The lowest BCUT2D eigenvalue weighted by Crippen LogP contribution is -2.41. The van der Waals surface area contributed by atoms with Crippen molar-refractivity contribution in [2.24, 2.45) is 5.92 Å². The number of aromatic nitrogens is 2. The molecule has 0 aromatic carbocycles. The summed E-state index contributed by atoms with van der Waals surface area (Å²) in [5, 5.41) is 0. The van der Waals surface area contributed by atoms with E-state index in [-0.39, 0.29) is 0 Å². The van der Waals surface area contributed by atoms with Gasteiger partial charge in [-0.05, 0) is 44.4 Å². The number of sulfonamides is 1. The van der Waals surface area contributed by atoms with E-state index in [1.54, 1.807) is 7.05 Å². The summed E-state index contributed by atoms with van der Waals surface area (Å²) in [5.74, 6) is 0.388. The van der Waals surface area contributed by atoms with Gasteiger partial charge in [-0.15, -0.1) is 0 Å². The Kier molecular flexibility index (Phi) is 4.94. The summed E-state index contributed by atoms with van der Waals surface area (Å²) in [6.45, 7) is 5.53. The van der Waals surface area contributed by atoms with Crippen LogP contribution < -0.4 is 0 Å². The fourth-order valence-corrected chi connectivity index (χ4v) is 4.04. The second-order valence-electron chi connectivity index (χ2n) is 6.90. The van der Waals surface area contributed by atoms with Crippen molar-refractivity contribution in [1.82, 2.24) is 18.6 Å². The summed E-state index contributed by atoms with van der Waals surface area (Å²) < 4.78 is 26.9. The molecule has 1 saturated heterocycles. The van der Waals surface area contributed by atoms with E-state index >= 15 is 0 Å². The number of imidazole rings is 1. The van der Waals surface area contributed by atoms with Gasteiger partial charge in [-0.3, -0.25) is 4.90 Å². The highest BCUT2D eigenvalue weighted by Crippen LogP contribution is 2.21. The maximum Gasteiger partial charge on any atom is 0.210 e. The summed E-state index contributed by atoms with van der Waals surface area (Å²) in [6.07, 6.45) is 5.42. The number of hydrogen-bond acceptors (Lipinski definition) is 4. The molecule has 1 unspecified atom stereocenters. The fourth-order valence-electron chi connectivity index (χ4n) is 3.56. The molecule has 0 spiro atoms. The van der Waals surface area contributed by atoms with Gasteiger partial charge in [0.1, 0.15) is 5.65 Å². The largest absolute Gasteiger partial charge is 0.300 e. The van der Waals surface area contributed by atoms with Gasteiger partial charge >= 0.3 is 0 Å². The highest BCUT2D eigenvalue weighted by atomic mass is 32.2. The number of fused-ring (bicyclic) bond motifs is 1. The second-order valence-corrected chi connectivity index (χ2v) is 8.99. The molecule has 0 amide bonds. The van der Waals surface area contributed by atoms with Crippen LogP contribution in [0.1, 0.15) is 24.2 Å². The molecule has 132 valence electrons. The van der Waals surface area contributed by atoms with Crippen molar-refractivity contribution in [3.63, 3.8) is 0 Å². The molecule has 0 N–H and O–H groups in total. The number of aryl methyl sites for hydroxylation is 1. The average molecular weight is 350 g/mol. The highest BCUT2D eigenvalue weighted by molar-refractivity contribution is 7.88.